The molecule has 0 aliphatic heterocycles. The fourth-order valence-electron chi connectivity index (χ4n) is 2.70. The molecule has 4 unspecified atom stereocenters. The third kappa shape index (κ3) is 13.4. The Morgan fingerprint density at radius 1 is 0.960 bits per heavy atom. The fourth-order valence-corrected chi connectivity index (χ4v) is 2.70. The Labute approximate surface area is 153 Å². The highest BCUT2D eigenvalue weighted by Crippen LogP contribution is 2.19. The van der Waals surface area contributed by atoms with E-state index in [1.807, 2.05) is 6.08 Å². The second kappa shape index (κ2) is 14.7. The highest BCUT2D eigenvalue weighted by Gasteiger charge is 2.23. The van der Waals surface area contributed by atoms with Crippen LogP contribution in [0, 0.1) is 11.8 Å². The van der Waals surface area contributed by atoms with Gasteiger partial charge in [0.2, 0.25) is 0 Å². The van der Waals surface area contributed by atoms with Gasteiger partial charge in [0.15, 0.2) is 0 Å². The lowest BCUT2D eigenvalue weighted by Gasteiger charge is -2.21. The third-order valence-electron chi connectivity index (χ3n) is 4.56. The Morgan fingerprint density at radius 3 is 2.20 bits per heavy atom. The summed E-state index contributed by atoms with van der Waals surface area (Å²) >= 11 is 0. The van der Waals surface area contributed by atoms with Gasteiger partial charge in [-0.25, -0.2) is 0 Å². The van der Waals surface area contributed by atoms with Crippen LogP contribution >= 0.6 is 0 Å². The summed E-state index contributed by atoms with van der Waals surface area (Å²) in [6.07, 6.45) is 5.45. The normalized spacial score (nSPS) is 17.6. The molecule has 0 aliphatic rings. The minimum Gasteiger partial charge on any atom is -0.394 e. The van der Waals surface area contributed by atoms with Gasteiger partial charge in [0.1, 0.15) is 18.3 Å². The molecular formula is C20H40O5. The number of ether oxygens (including phenoxy) is 1. The third-order valence-corrected chi connectivity index (χ3v) is 4.56. The Kier molecular flexibility index (Phi) is 14.4. The van der Waals surface area contributed by atoms with Crippen molar-refractivity contribution in [3.8, 4) is 0 Å². The molecule has 0 radical (unpaired) electrons. The van der Waals surface area contributed by atoms with Crippen molar-refractivity contribution in [2.75, 3.05) is 19.8 Å². The molecule has 25 heavy (non-hydrogen) atoms. The quantitative estimate of drug-likeness (QED) is 0.266. The van der Waals surface area contributed by atoms with Crippen molar-refractivity contribution in [2.45, 2.75) is 84.5 Å². The largest absolute Gasteiger partial charge is 0.394 e. The first-order valence-corrected chi connectivity index (χ1v) is 9.66. The number of hydrogen-bond acceptors (Lipinski definition) is 5. The minimum atomic E-state index is -1.40. The molecule has 0 heterocycles. The molecule has 0 spiro atoms. The number of aliphatic hydroxyl groups is 4. The number of rotatable bonds is 15. The summed E-state index contributed by atoms with van der Waals surface area (Å²) < 4.78 is 5.31. The first-order chi connectivity index (χ1) is 11.8. The zero-order chi connectivity index (χ0) is 19.2. The Morgan fingerprint density at radius 2 is 1.60 bits per heavy atom. The first kappa shape index (κ1) is 24.5. The molecule has 0 aromatic carbocycles. The highest BCUT2D eigenvalue weighted by molar-refractivity contribution is 4.97. The zero-order valence-corrected chi connectivity index (χ0v) is 16.5. The topological polar surface area (TPSA) is 90.2 Å². The van der Waals surface area contributed by atoms with Gasteiger partial charge in [-0.2, -0.15) is 0 Å². The van der Waals surface area contributed by atoms with Crippen LogP contribution in [0.5, 0.6) is 0 Å². The van der Waals surface area contributed by atoms with Gasteiger partial charge >= 0.3 is 0 Å². The number of hydrogen-bond donors (Lipinski definition) is 4. The minimum absolute atomic E-state index is 0.0745. The van der Waals surface area contributed by atoms with Crippen molar-refractivity contribution in [1.82, 2.24) is 0 Å². The van der Waals surface area contributed by atoms with E-state index in [2.05, 4.69) is 27.7 Å². The van der Waals surface area contributed by atoms with E-state index in [4.69, 9.17) is 9.84 Å². The van der Waals surface area contributed by atoms with Crippen molar-refractivity contribution < 1.29 is 25.2 Å². The van der Waals surface area contributed by atoms with Crippen molar-refractivity contribution in [3.63, 3.8) is 0 Å². The summed E-state index contributed by atoms with van der Waals surface area (Å²) in [4.78, 5) is 0. The predicted molar refractivity (Wildman–Crippen MR) is 101 cm³/mol. The molecule has 0 saturated carbocycles. The Hall–Kier alpha value is -0.460. The van der Waals surface area contributed by atoms with E-state index in [0.717, 1.165) is 18.3 Å². The average molecular weight is 361 g/mol. The van der Waals surface area contributed by atoms with Crippen LogP contribution < -0.4 is 0 Å². The molecule has 4 atom stereocenters. The van der Waals surface area contributed by atoms with E-state index >= 15 is 0 Å². The molecule has 0 aromatic heterocycles. The van der Waals surface area contributed by atoms with Gasteiger partial charge < -0.3 is 25.2 Å². The summed E-state index contributed by atoms with van der Waals surface area (Å²) in [5.41, 5.74) is 1.26. The fraction of sp³-hybridized carbons (Fsp3) is 0.900. The number of allylic oxidation sites excluding steroid dienone is 1. The summed E-state index contributed by atoms with van der Waals surface area (Å²) in [5, 5.41) is 37.1. The molecule has 0 rings (SSSR count). The summed E-state index contributed by atoms with van der Waals surface area (Å²) in [5.74, 6) is 1.57. The maximum Gasteiger partial charge on any atom is 0.110 e. The SMILES string of the molecule is C/C(=C\COCC(O)C(O)C(O)CO)CCCC(C)CCCC(C)C. The molecule has 0 bridgehead atoms. The van der Waals surface area contributed by atoms with Crippen molar-refractivity contribution >= 4 is 0 Å². The Balaban J connectivity index is 3.78. The van der Waals surface area contributed by atoms with Gasteiger partial charge in [-0.1, -0.05) is 58.1 Å². The van der Waals surface area contributed by atoms with E-state index in [1.165, 1.54) is 37.7 Å². The van der Waals surface area contributed by atoms with Gasteiger partial charge in [-0.3, -0.25) is 0 Å². The van der Waals surface area contributed by atoms with E-state index < -0.39 is 24.9 Å². The van der Waals surface area contributed by atoms with Crippen molar-refractivity contribution in [1.29, 1.82) is 0 Å². The molecule has 4 N–H and O–H groups in total. The summed E-state index contributed by atoms with van der Waals surface area (Å²) in [6.45, 7) is 8.66. The molecule has 0 amide bonds. The van der Waals surface area contributed by atoms with Crippen molar-refractivity contribution in [3.05, 3.63) is 11.6 Å². The first-order valence-electron chi connectivity index (χ1n) is 9.66. The van der Waals surface area contributed by atoms with E-state index in [0.29, 0.717) is 6.61 Å². The van der Waals surface area contributed by atoms with Crippen LogP contribution in [0.2, 0.25) is 0 Å². The van der Waals surface area contributed by atoms with Gasteiger partial charge in [0, 0.05) is 0 Å². The molecule has 150 valence electrons. The second-order valence-electron chi connectivity index (χ2n) is 7.72. The molecule has 5 heteroatoms. The monoisotopic (exact) mass is 360 g/mol. The molecule has 0 fully saturated rings. The van der Waals surface area contributed by atoms with Gasteiger partial charge in [0.25, 0.3) is 0 Å². The van der Waals surface area contributed by atoms with E-state index in [9.17, 15) is 15.3 Å². The smallest absolute Gasteiger partial charge is 0.110 e. The lowest BCUT2D eigenvalue weighted by atomic mass is 9.94. The maximum atomic E-state index is 9.63. The molecule has 0 saturated heterocycles. The molecular weight excluding hydrogens is 320 g/mol. The standard InChI is InChI=1S/C20H40O5/c1-15(2)7-5-8-16(3)9-6-10-17(4)11-12-25-14-19(23)20(24)18(22)13-21/h11,15-16,18-24H,5-10,12-14H2,1-4H3/b17-11+. The van der Waals surface area contributed by atoms with Crippen LogP contribution in [-0.2, 0) is 4.74 Å². The lowest BCUT2D eigenvalue weighted by molar-refractivity contribution is -0.0974. The summed E-state index contributed by atoms with van der Waals surface area (Å²) in [7, 11) is 0. The van der Waals surface area contributed by atoms with Gasteiger partial charge in [0.05, 0.1) is 19.8 Å². The van der Waals surface area contributed by atoms with Crippen LogP contribution in [0.1, 0.15) is 66.2 Å². The molecule has 5 nitrogen and oxygen atoms in total. The lowest BCUT2D eigenvalue weighted by Crippen LogP contribution is -2.41. The van der Waals surface area contributed by atoms with Gasteiger partial charge in [-0.15, -0.1) is 0 Å². The zero-order valence-electron chi connectivity index (χ0n) is 16.5. The predicted octanol–water partition coefficient (Wildman–Crippen LogP) is 2.66. The maximum absolute atomic E-state index is 9.63. The van der Waals surface area contributed by atoms with Crippen molar-refractivity contribution in [2.24, 2.45) is 11.8 Å². The van der Waals surface area contributed by atoms with Crippen LogP contribution in [-0.4, -0.2) is 58.6 Å². The van der Waals surface area contributed by atoms with Crippen LogP contribution in [0.25, 0.3) is 0 Å². The molecule has 0 aromatic rings. The van der Waals surface area contributed by atoms with Gasteiger partial charge in [-0.05, 0) is 31.6 Å². The number of aliphatic hydroxyl groups excluding tert-OH is 4. The second-order valence-corrected chi connectivity index (χ2v) is 7.72. The highest BCUT2D eigenvalue weighted by atomic mass is 16.5. The van der Waals surface area contributed by atoms with Crippen LogP contribution in [0.15, 0.2) is 11.6 Å². The Bertz CT molecular complexity index is 343. The van der Waals surface area contributed by atoms with E-state index in [1.54, 1.807) is 0 Å². The van der Waals surface area contributed by atoms with Crippen LogP contribution in [0.4, 0.5) is 0 Å². The van der Waals surface area contributed by atoms with Crippen LogP contribution in [0.3, 0.4) is 0 Å². The molecule has 0 aliphatic carbocycles. The average Bonchev–Trinajstić information content (AvgIpc) is 2.56. The van der Waals surface area contributed by atoms with E-state index in [-0.39, 0.29) is 6.61 Å². The summed E-state index contributed by atoms with van der Waals surface area (Å²) in [6, 6.07) is 0.